The van der Waals surface area contributed by atoms with E-state index in [1.165, 1.54) is 12.3 Å². The van der Waals surface area contributed by atoms with Gasteiger partial charge in [0.15, 0.2) is 6.20 Å². The fourth-order valence-electron chi connectivity index (χ4n) is 2.04. The van der Waals surface area contributed by atoms with E-state index in [-0.39, 0.29) is 31.7 Å². The second-order valence-electron chi connectivity index (χ2n) is 4.41. The van der Waals surface area contributed by atoms with Crippen molar-refractivity contribution in [2.24, 2.45) is 0 Å². The molecule has 108 valence electrons. The molecule has 0 bridgehead atoms. The van der Waals surface area contributed by atoms with Crippen LogP contribution in [0.25, 0.3) is 0 Å². The van der Waals surface area contributed by atoms with Crippen LogP contribution in [0.4, 0.5) is 11.5 Å². The molecule has 0 saturated carbocycles. The Kier molecular flexibility index (Phi) is 4.19. The second-order valence-corrected chi connectivity index (χ2v) is 5.32. The lowest BCUT2D eigenvalue weighted by Crippen LogP contribution is -2.50. The van der Waals surface area contributed by atoms with Crippen molar-refractivity contribution in [3.63, 3.8) is 0 Å². The number of halogens is 1. The minimum Gasteiger partial charge on any atom is -0.480 e. The lowest BCUT2D eigenvalue weighted by Gasteiger charge is -2.34. The normalized spacial score (nSPS) is 17.4. The van der Waals surface area contributed by atoms with Crippen molar-refractivity contribution in [1.82, 2.24) is 4.98 Å². The second kappa shape index (κ2) is 5.71. The molecule has 0 atom stereocenters. The van der Waals surface area contributed by atoms with Crippen LogP contribution in [0.1, 0.15) is 12.8 Å². The zero-order valence-electron chi connectivity index (χ0n) is 10.3. The highest BCUT2D eigenvalue weighted by Crippen LogP contribution is 2.32. The topological polar surface area (TPSA) is 115 Å². The molecule has 8 nitrogen and oxygen atoms in total. The minimum atomic E-state index is -1.27. The van der Waals surface area contributed by atoms with Crippen LogP contribution in [-0.2, 0) is 9.53 Å². The van der Waals surface area contributed by atoms with Gasteiger partial charge < -0.3 is 25.3 Å². The zero-order valence-corrected chi connectivity index (χ0v) is 11.9. The summed E-state index contributed by atoms with van der Waals surface area (Å²) in [5.74, 6) is -1.46. The van der Waals surface area contributed by atoms with Crippen molar-refractivity contribution in [2.45, 2.75) is 18.4 Å². The summed E-state index contributed by atoms with van der Waals surface area (Å²) < 4.78 is 5.68. The van der Waals surface area contributed by atoms with Crippen LogP contribution < -0.4 is 5.32 Å². The first-order chi connectivity index (χ1) is 9.44. The summed E-state index contributed by atoms with van der Waals surface area (Å²) in [5.41, 5.74) is -1.19. The molecule has 1 aliphatic rings. The summed E-state index contributed by atoms with van der Waals surface area (Å²) in [5, 5.41) is 23.2. The number of nitrogens with one attached hydrogen (secondary N) is 1. The number of hydrogen-bond donors (Lipinski definition) is 2. The van der Waals surface area contributed by atoms with Crippen LogP contribution in [-0.4, -0.2) is 39.7 Å². The average Bonchev–Trinajstić information content (AvgIpc) is 2.39. The first-order valence-electron chi connectivity index (χ1n) is 5.84. The van der Waals surface area contributed by atoms with Crippen molar-refractivity contribution in [3.8, 4) is 0 Å². The number of anilines is 1. The molecular formula is C11H12BrN3O5. The fraction of sp³-hybridized carbons (Fsp3) is 0.455. The quantitative estimate of drug-likeness (QED) is 0.631. The molecule has 1 aromatic heterocycles. The van der Waals surface area contributed by atoms with E-state index >= 15 is 0 Å². The molecule has 0 aromatic carbocycles. The summed E-state index contributed by atoms with van der Waals surface area (Å²) >= 11 is 3.17. The molecule has 0 unspecified atom stereocenters. The van der Waals surface area contributed by atoms with Gasteiger partial charge >= 0.3 is 11.8 Å². The van der Waals surface area contributed by atoms with Gasteiger partial charge in [0.25, 0.3) is 0 Å². The molecule has 0 amide bonds. The van der Waals surface area contributed by atoms with E-state index in [9.17, 15) is 20.0 Å². The highest BCUT2D eigenvalue weighted by atomic mass is 79.9. The summed E-state index contributed by atoms with van der Waals surface area (Å²) in [7, 11) is 0. The highest BCUT2D eigenvalue weighted by molar-refractivity contribution is 9.10. The number of hydrogen-bond acceptors (Lipinski definition) is 6. The van der Waals surface area contributed by atoms with Gasteiger partial charge in [-0.2, -0.15) is 0 Å². The number of aliphatic carboxylic acids is 1. The molecule has 20 heavy (non-hydrogen) atoms. The molecule has 0 radical (unpaired) electrons. The number of carboxylic acid groups (broad SMARTS) is 1. The molecular weight excluding hydrogens is 334 g/mol. The SMILES string of the molecule is O=C(O)C1(Nc2cc(Br)cnc2[N+](=O)[O-])CCOCC1. The standard InChI is InChI=1S/C11H12BrN3O5/c12-7-5-8(9(13-6-7)15(18)19)14-11(10(16)17)1-3-20-4-2-11/h5-6,14H,1-4H2,(H,16,17). The molecule has 9 heteroatoms. The Balaban J connectivity index is 2.38. The Morgan fingerprint density at radius 1 is 1.55 bits per heavy atom. The third-order valence-corrected chi connectivity index (χ3v) is 3.57. The summed E-state index contributed by atoms with van der Waals surface area (Å²) in [6, 6.07) is 1.45. The zero-order chi connectivity index (χ0) is 14.8. The Labute approximate surface area is 122 Å². The maximum Gasteiger partial charge on any atom is 0.387 e. The highest BCUT2D eigenvalue weighted by Gasteiger charge is 2.41. The number of nitro groups is 1. The van der Waals surface area contributed by atoms with E-state index in [0.717, 1.165) is 0 Å². The van der Waals surface area contributed by atoms with Crippen LogP contribution in [0.3, 0.4) is 0 Å². The Morgan fingerprint density at radius 3 is 2.75 bits per heavy atom. The van der Waals surface area contributed by atoms with Crippen molar-refractivity contribution in [3.05, 3.63) is 26.9 Å². The smallest absolute Gasteiger partial charge is 0.387 e. The summed E-state index contributed by atoms with van der Waals surface area (Å²) in [6.45, 7) is 0.572. The molecule has 1 saturated heterocycles. The lowest BCUT2D eigenvalue weighted by atomic mass is 9.90. The van der Waals surface area contributed by atoms with E-state index < -0.39 is 22.2 Å². The van der Waals surface area contributed by atoms with Gasteiger partial charge in [-0.3, -0.25) is 0 Å². The first-order valence-corrected chi connectivity index (χ1v) is 6.63. The number of pyridine rings is 1. The third kappa shape index (κ3) is 2.88. The first kappa shape index (κ1) is 14.7. The van der Waals surface area contributed by atoms with Gasteiger partial charge in [0.05, 0.1) is 4.47 Å². The van der Waals surface area contributed by atoms with Crippen LogP contribution in [0.5, 0.6) is 0 Å². The molecule has 1 fully saturated rings. The molecule has 2 heterocycles. The van der Waals surface area contributed by atoms with E-state index in [0.29, 0.717) is 4.47 Å². The molecule has 0 aliphatic carbocycles. The van der Waals surface area contributed by atoms with E-state index in [4.69, 9.17) is 4.74 Å². The number of rotatable bonds is 4. The molecule has 1 aromatic rings. The van der Waals surface area contributed by atoms with Crippen molar-refractivity contribution >= 4 is 33.4 Å². The predicted molar refractivity (Wildman–Crippen MR) is 72.6 cm³/mol. The van der Waals surface area contributed by atoms with Gasteiger partial charge in [0.1, 0.15) is 11.2 Å². The van der Waals surface area contributed by atoms with Crippen LogP contribution in [0.2, 0.25) is 0 Å². The monoisotopic (exact) mass is 345 g/mol. The van der Waals surface area contributed by atoms with Crippen LogP contribution >= 0.6 is 15.9 Å². The van der Waals surface area contributed by atoms with Crippen LogP contribution in [0, 0.1) is 10.1 Å². The van der Waals surface area contributed by atoms with Crippen molar-refractivity contribution in [2.75, 3.05) is 18.5 Å². The summed E-state index contributed by atoms with van der Waals surface area (Å²) in [6.07, 6.45) is 1.75. The number of carboxylic acids is 1. The van der Waals surface area contributed by atoms with E-state index in [2.05, 4.69) is 26.2 Å². The van der Waals surface area contributed by atoms with Gasteiger partial charge in [-0.25, -0.2) is 4.79 Å². The largest absolute Gasteiger partial charge is 0.480 e. The molecule has 2 N–H and O–H groups in total. The molecule has 1 aliphatic heterocycles. The van der Waals surface area contributed by atoms with E-state index in [1.54, 1.807) is 0 Å². The maximum atomic E-state index is 11.5. The van der Waals surface area contributed by atoms with Gasteiger partial charge in [0, 0.05) is 26.1 Å². The average molecular weight is 346 g/mol. The lowest BCUT2D eigenvalue weighted by molar-refractivity contribution is -0.388. The van der Waals surface area contributed by atoms with Gasteiger partial charge in [-0.15, -0.1) is 0 Å². The Bertz CT molecular complexity index is 545. The maximum absolute atomic E-state index is 11.5. The third-order valence-electron chi connectivity index (χ3n) is 3.14. The van der Waals surface area contributed by atoms with Crippen molar-refractivity contribution < 1.29 is 19.6 Å². The molecule has 0 spiro atoms. The van der Waals surface area contributed by atoms with E-state index in [1.807, 2.05) is 0 Å². The van der Waals surface area contributed by atoms with Crippen molar-refractivity contribution in [1.29, 1.82) is 0 Å². The molecule has 2 rings (SSSR count). The number of carbonyl (C=O) groups is 1. The Hall–Kier alpha value is -1.74. The number of ether oxygens (including phenoxy) is 1. The van der Waals surface area contributed by atoms with Crippen LogP contribution in [0.15, 0.2) is 16.7 Å². The van der Waals surface area contributed by atoms with Gasteiger partial charge in [0.2, 0.25) is 0 Å². The Morgan fingerprint density at radius 2 is 2.20 bits per heavy atom. The predicted octanol–water partition coefficient (Wildman–Crippen LogP) is 1.80. The minimum absolute atomic E-state index is 0.0775. The fourth-order valence-corrected chi connectivity index (χ4v) is 2.37. The van der Waals surface area contributed by atoms with Gasteiger partial charge in [-0.1, -0.05) is 0 Å². The number of nitrogens with zero attached hydrogens (tertiary/aromatic N) is 2. The summed E-state index contributed by atoms with van der Waals surface area (Å²) in [4.78, 5) is 25.5. The number of aromatic nitrogens is 1. The van der Waals surface area contributed by atoms with Gasteiger partial charge in [-0.05, 0) is 31.9 Å².